The van der Waals surface area contributed by atoms with E-state index in [0.29, 0.717) is 29.2 Å². The molecule has 1 aromatic heterocycles. The third-order valence-corrected chi connectivity index (χ3v) is 12.7. The Balaban J connectivity index is 1.23. The van der Waals surface area contributed by atoms with Crippen LogP contribution in [0.5, 0.6) is 17.4 Å². The molecule has 280 valence electrons. The number of aromatic nitrogens is 1. The minimum Gasteiger partial charge on any atom is -0.497 e. The van der Waals surface area contributed by atoms with Gasteiger partial charge in [-0.15, -0.1) is 0 Å². The number of fused-ring (bicyclic) bond motifs is 1. The summed E-state index contributed by atoms with van der Waals surface area (Å²) in [7, 11) is -1.93. The molecule has 0 spiro atoms. The van der Waals surface area contributed by atoms with Crippen molar-refractivity contribution in [2.45, 2.75) is 61.5 Å². The van der Waals surface area contributed by atoms with Crippen LogP contribution in [-0.2, 0) is 20.4 Å². The molecule has 3 amide bonds. The Kier molecular flexibility index (Phi) is 10.2. The van der Waals surface area contributed by atoms with Crippen LogP contribution in [0.3, 0.4) is 0 Å². The number of benzene rings is 2. The van der Waals surface area contributed by atoms with Crippen molar-refractivity contribution in [2.24, 2.45) is 0 Å². The third kappa shape index (κ3) is 6.42. The highest BCUT2D eigenvalue weighted by molar-refractivity contribution is 7.93. The number of amides is 3. The van der Waals surface area contributed by atoms with E-state index in [1.54, 1.807) is 24.0 Å². The van der Waals surface area contributed by atoms with Gasteiger partial charge in [-0.2, -0.15) is 9.57 Å². The van der Waals surface area contributed by atoms with Crippen LogP contribution in [0.1, 0.15) is 55.7 Å². The van der Waals surface area contributed by atoms with E-state index < -0.39 is 27.5 Å². The monoisotopic (exact) mass is 743 g/mol. The zero-order chi connectivity index (χ0) is 37.3. The van der Waals surface area contributed by atoms with E-state index in [9.17, 15) is 18.5 Å². The number of urea groups is 1. The molecule has 1 N–H and O–H groups in total. The fourth-order valence-electron chi connectivity index (χ4n) is 8.15. The van der Waals surface area contributed by atoms with Gasteiger partial charge in [-0.05, 0) is 88.2 Å². The maximum absolute atomic E-state index is 15.2. The largest absolute Gasteiger partial charge is 0.497 e. The topological polar surface area (TPSA) is 158 Å². The second kappa shape index (κ2) is 14.8. The maximum atomic E-state index is 15.2. The van der Waals surface area contributed by atoms with Gasteiger partial charge in [0.15, 0.2) is 5.54 Å². The van der Waals surface area contributed by atoms with Crippen molar-refractivity contribution < 1.29 is 32.2 Å². The number of piperidine rings is 2. The summed E-state index contributed by atoms with van der Waals surface area (Å²) < 4.78 is 46.6. The van der Waals surface area contributed by atoms with Gasteiger partial charge >= 0.3 is 6.03 Å². The summed E-state index contributed by atoms with van der Waals surface area (Å²) >= 11 is 0. The summed E-state index contributed by atoms with van der Waals surface area (Å²) in [6.07, 6.45) is 7.53. The molecule has 3 aromatic rings. The standard InChI is InChI=1S/C38H45N7O7S/c1-4-52-35-30(9-8-16-40-35)38(41-37(47)44-24-28(25-44)43-19-14-27(15-20-43)42-17-6-5-7-18-42)31-21-26(23-39)10-12-32(31)45(36(38)46)53(48,49)34-13-11-29(50-2)22-33(34)51-3/h8-13,16,21-22,27-28H,4-7,14-15,17-20,24-25H2,1-3H3,(H,41,47)/t38-/m1/s1. The van der Waals surface area contributed by atoms with Crippen LogP contribution in [0.4, 0.5) is 10.5 Å². The number of anilines is 1. The lowest BCUT2D eigenvalue weighted by Gasteiger charge is -2.49. The molecular weight excluding hydrogens is 699 g/mol. The first-order valence-electron chi connectivity index (χ1n) is 18.2. The van der Waals surface area contributed by atoms with Crippen molar-refractivity contribution in [1.82, 2.24) is 25.0 Å². The lowest BCUT2D eigenvalue weighted by Crippen LogP contribution is -2.67. The highest BCUT2D eigenvalue weighted by atomic mass is 32.2. The van der Waals surface area contributed by atoms with Crippen LogP contribution >= 0.6 is 0 Å². The Morgan fingerprint density at radius 1 is 0.962 bits per heavy atom. The number of methoxy groups -OCH3 is 2. The SMILES string of the molecule is CCOc1ncccc1[C@]1(NC(=O)N2CC(N3CCC(N4CCCCC4)CC3)C2)C(=O)N(S(=O)(=O)c2ccc(OC)cc2OC)c2ccc(C#N)cc21. The number of nitriles is 1. The van der Waals surface area contributed by atoms with Gasteiger partial charge in [0, 0.05) is 56.1 Å². The molecule has 53 heavy (non-hydrogen) atoms. The predicted molar refractivity (Wildman–Crippen MR) is 195 cm³/mol. The zero-order valence-electron chi connectivity index (χ0n) is 30.3. The molecule has 3 saturated heterocycles. The van der Waals surface area contributed by atoms with Crippen LogP contribution in [0, 0.1) is 11.3 Å². The molecule has 0 radical (unpaired) electrons. The second-order valence-electron chi connectivity index (χ2n) is 13.8. The first-order chi connectivity index (χ1) is 25.7. The summed E-state index contributed by atoms with van der Waals surface area (Å²) in [5.74, 6) is -0.641. The minimum absolute atomic E-state index is 0.0310. The van der Waals surface area contributed by atoms with Gasteiger partial charge in [-0.3, -0.25) is 9.69 Å². The quantitative estimate of drug-likeness (QED) is 0.323. The van der Waals surface area contributed by atoms with Crippen LogP contribution < -0.4 is 23.8 Å². The molecule has 0 aliphatic carbocycles. The fraction of sp³-hybridized carbons (Fsp3) is 0.474. The number of rotatable bonds is 10. The molecule has 0 saturated carbocycles. The van der Waals surface area contributed by atoms with Gasteiger partial charge in [0.1, 0.15) is 16.4 Å². The fourth-order valence-corrected chi connectivity index (χ4v) is 9.76. The highest BCUT2D eigenvalue weighted by Crippen LogP contribution is 2.50. The Labute approximate surface area is 310 Å². The average Bonchev–Trinajstić information content (AvgIpc) is 3.42. The smallest absolute Gasteiger partial charge is 0.318 e. The number of hydrogen-bond acceptors (Lipinski definition) is 11. The third-order valence-electron chi connectivity index (χ3n) is 11.0. The summed E-state index contributed by atoms with van der Waals surface area (Å²) in [5.41, 5.74) is -1.78. The molecule has 0 bridgehead atoms. The Morgan fingerprint density at radius 2 is 1.70 bits per heavy atom. The van der Waals surface area contributed by atoms with Crippen molar-refractivity contribution in [3.8, 4) is 23.4 Å². The number of carbonyl (C=O) groups is 2. The molecule has 15 heteroatoms. The minimum atomic E-state index is -4.69. The van der Waals surface area contributed by atoms with Gasteiger partial charge < -0.3 is 29.3 Å². The number of nitrogens with one attached hydrogen (secondary N) is 1. The normalized spacial score (nSPS) is 21.4. The van der Waals surface area contributed by atoms with Gasteiger partial charge in [0.25, 0.3) is 15.9 Å². The predicted octanol–water partition coefficient (Wildman–Crippen LogP) is 3.69. The van der Waals surface area contributed by atoms with E-state index in [1.165, 1.54) is 89.2 Å². The van der Waals surface area contributed by atoms with E-state index in [-0.39, 0.29) is 51.6 Å². The molecular formula is C38H45N7O7S. The summed E-state index contributed by atoms with van der Waals surface area (Å²) in [6.45, 7) is 7.11. The summed E-state index contributed by atoms with van der Waals surface area (Å²) in [4.78, 5) is 40.3. The first kappa shape index (κ1) is 36.4. The number of sulfonamides is 1. The van der Waals surface area contributed by atoms with E-state index in [4.69, 9.17) is 14.2 Å². The number of pyridine rings is 1. The Bertz CT molecular complexity index is 2020. The van der Waals surface area contributed by atoms with Crippen LogP contribution in [0.15, 0.2) is 59.6 Å². The molecule has 4 aliphatic rings. The summed E-state index contributed by atoms with van der Waals surface area (Å²) in [6, 6.07) is 13.9. The Hall–Kier alpha value is -4.91. The van der Waals surface area contributed by atoms with Crippen LogP contribution in [-0.4, -0.2) is 112 Å². The number of likely N-dealkylation sites (tertiary alicyclic amines) is 3. The van der Waals surface area contributed by atoms with Crippen molar-refractivity contribution in [1.29, 1.82) is 5.26 Å². The maximum Gasteiger partial charge on any atom is 0.318 e. The molecule has 0 unspecified atom stereocenters. The molecule has 3 fully saturated rings. The lowest BCUT2D eigenvalue weighted by atomic mass is 9.83. The van der Waals surface area contributed by atoms with Crippen molar-refractivity contribution in [3.05, 3.63) is 71.4 Å². The highest BCUT2D eigenvalue weighted by Gasteiger charge is 2.59. The van der Waals surface area contributed by atoms with E-state index >= 15 is 4.79 Å². The molecule has 14 nitrogen and oxygen atoms in total. The van der Waals surface area contributed by atoms with Crippen molar-refractivity contribution in [3.63, 3.8) is 0 Å². The molecule has 2 aromatic carbocycles. The number of nitrogens with zero attached hydrogens (tertiary/aromatic N) is 6. The van der Waals surface area contributed by atoms with Crippen molar-refractivity contribution in [2.75, 3.05) is 64.4 Å². The number of ether oxygens (including phenoxy) is 3. The van der Waals surface area contributed by atoms with Crippen molar-refractivity contribution >= 4 is 27.6 Å². The van der Waals surface area contributed by atoms with Gasteiger partial charge in [-0.1, -0.05) is 6.42 Å². The van der Waals surface area contributed by atoms with E-state index in [1.807, 2.05) is 0 Å². The molecule has 1 atom stereocenters. The number of carbonyl (C=O) groups excluding carboxylic acids is 2. The average molecular weight is 744 g/mol. The van der Waals surface area contributed by atoms with Gasteiger partial charge in [-0.25, -0.2) is 18.2 Å². The van der Waals surface area contributed by atoms with Gasteiger partial charge in [0.2, 0.25) is 5.88 Å². The molecule has 5 heterocycles. The molecule has 4 aliphatic heterocycles. The van der Waals surface area contributed by atoms with Crippen LogP contribution in [0.25, 0.3) is 0 Å². The second-order valence-corrected chi connectivity index (χ2v) is 15.6. The lowest BCUT2D eigenvalue weighted by molar-refractivity contribution is -0.121. The van der Waals surface area contributed by atoms with Gasteiger partial charge in [0.05, 0.1) is 43.7 Å². The Morgan fingerprint density at radius 3 is 2.38 bits per heavy atom. The molecule has 7 rings (SSSR count). The van der Waals surface area contributed by atoms with Crippen LogP contribution in [0.2, 0.25) is 0 Å². The number of hydrogen-bond donors (Lipinski definition) is 1. The first-order valence-corrected chi connectivity index (χ1v) is 19.6. The van der Waals surface area contributed by atoms with E-state index in [0.717, 1.165) is 25.9 Å². The van der Waals surface area contributed by atoms with E-state index in [2.05, 4.69) is 26.2 Å². The zero-order valence-corrected chi connectivity index (χ0v) is 31.1. The summed E-state index contributed by atoms with van der Waals surface area (Å²) in [5, 5.41) is 12.9.